The second-order valence-corrected chi connectivity index (χ2v) is 3.41. The van der Waals surface area contributed by atoms with E-state index in [-0.39, 0.29) is 24.4 Å². The number of fused-ring (bicyclic) bond motifs is 1. The van der Waals surface area contributed by atoms with Crippen LogP contribution in [0.5, 0.6) is 0 Å². The molecule has 0 aromatic carbocycles. The highest BCUT2D eigenvalue weighted by molar-refractivity contribution is 4.89. The topological polar surface area (TPSA) is 38.7 Å². The Balaban J connectivity index is 2.03. The fraction of sp³-hybridized carbons (Fsp3) is 1.00. The van der Waals surface area contributed by atoms with Crippen molar-refractivity contribution in [1.82, 2.24) is 0 Å². The van der Waals surface area contributed by atoms with Gasteiger partial charge in [-0.1, -0.05) is 0 Å². The number of aliphatic hydroxyl groups is 1. The first kappa shape index (κ1) is 7.53. The molecule has 2 heterocycles. The average molecular weight is 158 g/mol. The zero-order valence-corrected chi connectivity index (χ0v) is 6.69. The zero-order chi connectivity index (χ0) is 7.84. The molecule has 2 aliphatic heterocycles. The summed E-state index contributed by atoms with van der Waals surface area (Å²) in [5, 5.41) is 9.49. The number of aliphatic hydroxyl groups excluding tert-OH is 1. The van der Waals surface area contributed by atoms with Gasteiger partial charge in [0.25, 0.3) is 0 Å². The van der Waals surface area contributed by atoms with Crippen molar-refractivity contribution in [3.63, 3.8) is 0 Å². The molecule has 0 bridgehead atoms. The second kappa shape index (κ2) is 2.73. The maximum atomic E-state index is 9.49. The Hall–Kier alpha value is -0.120. The minimum atomic E-state index is -0.307. The minimum Gasteiger partial charge on any atom is -0.390 e. The van der Waals surface area contributed by atoms with Crippen molar-refractivity contribution < 1.29 is 14.6 Å². The fourth-order valence-electron chi connectivity index (χ4n) is 1.88. The summed E-state index contributed by atoms with van der Waals surface area (Å²) in [5.41, 5.74) is 0. The Morgan fingerprint density at radius 2 is 2.27 bits per heavy atom. The lowest BCUT2D eigenvalue weighted by atomic mass is 10.0. The third kappa shape index (κ3) is 1.28. The average Bonchev–Trinajstić information content (AvgIpc) is 2.31. The first-order chi connectivity index (χ1) is 5.27. The van der Waals surface area contributed by atoms with Gasteiger partial charge in [-0.25, -0.2) is 0 Å². The van der Waals surface area contributed by atoms with Crippen LogP contribution >= 0.6 is 0 Å². The van der Waals surface area contributed by atoms with E-state index in [1.165, 1.54) is 0 Å². The van der Waals surface area contributed by atoms with Gasteiger partial charge >= 0.3 is 0 Å². The summed E-state index contributed by atoms with van der Waals surface area (Å²) in [4.78, 5) is 0. The molecular weight excluding hydrogens is 144 g/mol. The van der Waals surface area contributed by atoms with Crippen molar-refractivity contribution in [2.24, 2.45) is 0 Å². The Kier molecular flexibility index (Phi) is 1.87. The maximum Gasteiger partial charge on any atom is 0.110 e. The second-order valence-electron chi connectivity index (χ2n) is 3.41. The van der Waals surface area contributed by atoms with E-state index in [1.807, 2.05) is 6.92 Å². The van der Waals surface area contributed by atoms with E-state index in [9.17, 15) is 5.11 Å². The van der Waals surface area contributed by atoms with E-state index >= 15 is 0 Å². The molecule has 2 fully saturated rings. The summed E-state index contributed by atoms with van der Waals surface area (Å²) >= 11 is 0. The summed E-state index contributed by atoms with van der Waals surface area (Å²) in [6, 6.07) is 0. The zero-order valence-electron chi connectivity index (χ0n) is 6.69. The summed E-state index contributed by atoms with van der Waals surface area (Å²) in [6.45, 7) is 2.70. The van der Waals surface area contributed by atoms with Gasteiger partial charge in [0.1, 0.15) is 6.10 Å². The molecule has 0 radical (unpaired) electrons. The summed E-state index contributed by atoms with van der Waals surface area (Å²) in [6.07, 6.45) is 1.68. The van der Waals surface area contributed by atoms with Crippen LogP contribution in [-0.2, 0) is 9.47 Å². The van der Waals surface area contributed by atoms with Crippen LogP contribution in [0, 0.1) is 0 Å². The minimum absolute atomic E-state index is 0.0567. The first-order valence-corrected chi connectivity index (χ1v) is 4.22. The predicted molar refractivity (Wildman–Crippen MR) is 39.3 cm³/mol. The highest BCUT2D eigenvalue weighted by Crippen LogP contribution is 2.29. The van der Waals surface area contributed by atoms with Crippen LogP contribution in [0.3, 0.4) is 0 Å². The SMILES string of the molecule is CC1CC2OCCC(O)C2O1. The molecule has 3 nitrogen and oxygen atoms in total. The van der Waals surface area contributed by atoms with Gasteiger partial charge < -0.3 is 14.6 Å². The molecule has 0 saturated carbocycles. The normalized spacial score (nSPS) is 50.7. The molecular formula is C8H14O3. The van der Waals surface area contributed by atoms with Gasteiger partial charge in [0.2, 0.25) is 0 Å². The molecule has 0 aromatic rings. The Labute approximate surface area is 66.3 Å². The Bertz CT molecular complexity index is 148. The van der Waals surface area contributed by atoms with Gasteiger partial charge in [-0.05, 0) is 13.3 Å². The molecule has 2 rings (SSSR count). The first-order valence-electron chi connectivity index (χ1n) is 4.22. The van der Waals surface area contributed by atoms with Crippen molar-refractivity contribution in [3.8, 4) is 0 Å². The molecule has 0 aliphatic carbocycles. The van der Waals surface area contributed by atoms with Crippen LogP contribution in [0.1, 0.15) is 19.8 Å². The lowest BCUT2D eigenvalue weighted by Gasteiger charge is -2.29. The molecule has 0 aromatic heterocycles. The van der Waals surface area contributed by atoms with Crippen LogP contribution in [0.25, 0.3) is 0 Å². The van der Waals surface area contributed by atoms with Crippen molar-refractivity contribution in [1.29, 1.82) is 0 Å². The van der Waals surface area contributed by atoms with Gasteiger partial charge in [0.15, 0.2) is 0 Å². The van der Waals surface area contributed by atoms with Gasteiger partial charge in [-0.15, -0.1) is 0 Å². The molecule has 4 atom stereocenters. The van der Waals surface area contributed by atoms with Crippen LogP contribution in [0.15, 0.2) is 0 Å². The van der Waals surface area contributed by atoms with E-state index in [0.29, 0.717) is 13.0 Å². The molecule has 1 N–H and O–H groups in total. The van der Waals surface area contributed by atoms with E-state index < -0.39 is 0 Å². The van der Waals surface area contributed by atoms with E-state index in [1.54, 1.807) is 0 Å². The maximum absolute atomic E-state index is 9.49. The highest BCUT2D eigenvalue weighted by Gasteiger charge is 2.40. The molecule has 2 saturated heterocycles. The van der Waals surface area contributed by atoms with Crippen LogP contribution in [0.2, 0.25) is 0 Å². The lowest BCUT2D eigenvalue weighted by Crippen LogP contribution is -2.41. The van der Waals surface area contributed by atoms with Gasteiger partial charge in [-0.3, -0.25) is 0 Å². The lowest BCUT2D eigenvalue weighted by molar-refractivity contribution is -0.122. The van der Waals surface area contributed by atoms with Crippen LogP contribution < -0.4 is 0 Å². The largest absolute Gasteiger partial charge is 0.390 e. The van der Waals surface area contributed by atoms with Crippen LogP contribution in [0.4, 0.5) is 0 Å². The Morgan fingerprint density at radius 3 is 3.00 bits per heavy atom. The quantitative estimate of drug-likeness (QED) is 0.551. The van der Waals surface area contributed by atoms with E-state index in [2.05, 4.69) is 0 Å². The number of rotatable bonds is 0. The van der Waals surface area contributed by atoms with Crippen molar-refractivity contribution in [2.45, 2.75) is 44.2 Å². The van der Waals surface area contributed by atoms with Gasteiger partial charge in [-0.2, -0.15) is 0 Å². The number of hydrogen-bond acceptors (Lipinski definition) is 3. The monoisotopic (exact) mass is 158 g/mol. The summed E-state index contributed by atoms with van der Waals surface area (Å²) in [5.74, 6) is 0. The fourth-order valence-corrected chi connectivity index (χ4v) is 1.88. The third-order valence-corrected chi connectivity index (χ3v) is 2.44. The summed E-state index contributed by atoms with van der Waals surface area (Å²) in [7, 11) is 0. The molecule has 64 valence electrons. The molecule has 0 amide bonds. The standard InChI is InChI=1S/C8H14O3/c1-5-4-7-8(11-5)6(9)2-3-10-7/h5-9H,2-4H2,1H3. The smallest absolute Gasteiger partial charge is 0.110 e. The van der Waals surface area contributed by atoms with Gasteiger partial charge in [0, 0.05) is 13.0 Å². The third-order valence-electron chi connectivity index (χ3n) is 2.44. The van der Waals surface area contributed by atoms with E-state index in [0.717, 1.165) is 6.42 Å². The highest BCUT2D eigenvalue weighted by atomic mass is 16.6. The summed E-state index contributed by atoms with van der Waals surface area (Å²) < 4.78 is 11.0. The molecule has 11 heavy (non-hydrogen) atoms. The van der Waals surface area contributed by atoms with Crippen molar-refractivity contribution in [3.05, 3.63) is 0 Å². The molecule has 3 heteroatoms. The number of hydrogen-bond donors (Lipinski definition) is 1. The predicted octanol–water partition coefficient (Wildman–Crippen LogP) is 0.314. The number of ether oxygens (including phenoxy) is 2. The molecule has 4 unspecified atom stereocenters. The van der Waals surface area contributed by atoms with Gasteiger partial charge in [0.05, 0.1) is 18.3 Å². The van der Waals surface area contributed by atoms with E-state index in [4.69, 9.17) is 9.47 Å². The van der Waals surface area contributed by atoms with Crippen LogP contribution in [-0.4, -0.2) is 36.1 Å². The van der Waals surface area contributed by atoms with Crippen molar-refractivity contribution in [2.75, 3.05) is 6.61 Å². The molecule has 2 aliphatic rings. The Morgan fingerprint density at radius 1 is 1.45 bits per heavy atom. The van der Waals surface area contributed by atoms with Crippen molar-refractivity contribution >= 4 is 0 Å². The molecule has 0 spiro atoms.